The normalized spacial score (nSPS) is 10.3. The molecule has 104 valence electrons. The minimum Gasteiger partial charge on any atom is -0.493 e. The SMILES string of the molecule is Cc1ccc(Cl)cc1OCCc1ccccc1[N+](=O)[O-]. The van der Waals surface area contributed by atoms with Gasteiger partial charge in [-0.2, -0.15) is 0 Å². The predicted molar refractivity (Wildman–Crippen MR) is 78.5 cm³/mol. The van der Waals surface area contributed by atoms with Crippen molar-refractivity contribution in [1.29, 1.82) is 0 Å². The summed E-state index contributed by atoms with van der Waals surface area (Å²) >= 11 is 5.91. The molecular weight excluding hydrogens is 278 g/mol. The number of nitro groups is 1. The Kier molecular flexibility index (Phi) is 4.58. The summed E-state index contributed by atoms with van der Waals surface area (Å²) in [5.74, 6) is 0.705. The second-order valence-corrected chi connectivity index (χ2v) is 4.83. The van der Waals surface area contributed by atoms with Gasteiger partial charge in [-0.3, -0.25) is 10.1 Å². The van der Waals surface area contributed by atoms with Gasteiger partial charge in [-0.25, -0.2) is 0 Å². The predicted octanol–water partition coefficient (Wildman–Crippen LogP) is 4.18. The first-order chi connectivity index (χ1) is 9.58. The fourth-order valence-corrected chi connectivity index (χ4v) is 2.06. The summed E-state index contributed by atoms with van der Waals surface area (Å²) in [5.41, 5.74) is 1.77. The van der Waals surface area contributed by atoms with Crippen LogP contribution in [0.25, 0.3) is 0 Å². The van der Waals surface area contributed by atoms with Gasteiger partial charge in [0.1, 0.15) is 5.75 Å². The van der Waals surface area contributed by atoms with Crippen molar-refractivity contribution >= 4 is 17.3 Å². The smallest absolute Gasteiger partial charge is 0.272 e. The first-order valence-electron chi connectivity index (χ1n) is 6.19. The van der Waals surface area contributed by atoms with Crippen molar-refractivity contribution in [1.82, 2.24) is 0 Å². The van der Waals surface area contributed by atoms with Crippen LogP contribution in [-0.4, -0.2) is 11.5 Å². The number of rotatable bonds is 5. The van der Waals surface area contributed by atoms with Gasteiger partial charge >= 0.3 is 0 Å². The van der Waals surface area contributed by atoms with Gasteiger partial charge in [-0.15, -0.1) is 0 Å². The van der Waals surface area contributed by atoms with Gasteiger partial charge in [0, 0.05) is 23.1 Å². The molecular formula is C15H14ClNO3. The van der Waals surface area contributed by atoms with E-state index in [1.165, 1.54) is 6.07 Å². The summed E-state index contributed by atoms with van der Waals surface area (Å²) in [6, 6.07) is 12.1. The molecule has 0 radical (unpaired) electrons. The lowest BCUT2D eigenvalue weighted by molar-refractivity contribution is -0.385. The fraction of sp³-hybridized carbons (Fsp3) is 0.200. The molecule has 0 bridgehead atoms. The Morgan fingerprint density at radius 1 is 1.25 bits per heavy atom. The van der Waals surface area contributed by atoms with E-state index in [4.69, 9.17) is 16.3 Å². The quantitative estimate of drug-likeness (QED) is 0.613. The number of nitro benzene ring substituents is 1. The van der Waals surface area contributed by atoms with Crippen LogP contribution in [-0.2, 0) is 6.42 Å². The van der Waals surface area contributed by atoms with Crippen LogP contribution < -0.4 is 4.74 Å². The van der Waals surface area contributed by atoms with Crippen molar-refractivity contribution in [2.45, 2.75) is 13.3 Å². The summed E-state index contributed by atoms with van der Waals surface area (Å²) in [4.78, 5) is 10.5. The third-order valence-electron chi connectivity index (χ3n) is 2.97. The minimum absolute atomic E-state index is 0.124. The maximum atomic E-state index is 10.9. The summed E-state index contributed by atoms with van der Waals surface area (Å²) in [6.45, 7) is 2.29. The highest BCUT2D eigenvalue weighted by atomic mass is 35.5. The Morgan fingerprint density at radius 2 is 2.00 bits per heavy atom. The Balaban J connectivity index is 2.03. The highest BCUT2D eigenvalue weighted by molar-refractivity contribution is 6.30. The molecule has 20 heavy (non-hydrogen) atoms. The second kappa shape index (κ2) is 6.39. The van der Waals surface area contributed by atoms with Crippen molar-refractivity contribution < 1.29 is 9.66 Å². The van der Waals surface area contributed by atoms with Crippen LogP contribution in [0.3, 0.4) is 0 Å². The average molecular weight is 292 g/mol. The number of aryl methyl sites for hydroxylation is 1. The van der Waals surface area contributed by atoms with Crippen molar-refractivity contribution in [3.8, 4) is 5.75 Å². The highest BCUT2D eigenvalue weighted by Gasteiger charge is 2.12. The molecule has 2 aromatic carbocycles. The molecule has 0 N–H and O–H groups in total. The lowest BCUT2D eigenvalue weighted by Gasteiger charge is -2.09. The lowest BCUT2D eigenvalue weighted by Crippen LogP contribution is -2.04. The third-order valence-corrected chi connectivity index (χ3v) is 3.20. The van der Waals surface area contributed by atoms with E-state index in [1.807, 2.05) is 13.0 Å². The summed E-state index contributed by atoms with van der Waals surface area (Å²) in [7, 11) is 0. The number of nitrogens with zero attached hydrogens (tertiary/aromatic N) is 1. The second-order valence-electron chi connectivity index (χ2n) is 4.39. The molecule has 0 fully saturated rings. The Hall–Kier alpha value is -2.07. The van der Waals surface area contributed by atoms with Crippen LogP contribution in [0.4, 0.5) is 5.69 Å². The number of benzene rings is 2. The Labute approximate surface area is 122 Å². The summed E-state index contributed by atoms with van der Waals surface area (Å²) < 4.78 is 5.65. The van der Waals surface area contributed by atoms with Gasteiger partial charge < -0.3 is 4.74 Å². The maximum absolute atomic E-state index is 10.9. The molecule has 0 spiro atoms. The van der Waals surface area contributed by atoms with E-state index < -0.39 is 0 Å². The van der Waals surface area contributed by atoms with Gasteiger partial charge in [0.15, 0.2) is 0 Å². The zero-order chi connectivity index (χ0) is 14.5. The van der Waals surface area contributed by atoms with Crippen molar-refractivity contribution in [2.75, 3.05) is 6.61 Å². The van der Waals surface area contributed by atoms with Crippen molar-refractivity contribution in [2.24, 2.45) is 0 Å². The lowest BCUT2D eigenvalue weighted by atomic mass is 10.1. The first-order valence-corrected chi connectivity index (χ1v) is 6.57. The number of halogens is 1. The zero-order valence-electron chi connectivity index (χ0n) is 11.0. The Bertz CT molecular complexity index is 628. The maximum Gasteiger partial charge on any atom is 0.272 e. The topological polar surface area (TPSA) is 52.4 Å². The molecule has 0 aliphatic rings. The molecule has 0 unspecified atom stereocenters. The molecule has 0 aliphatic carbocycles. The van der Waals surface area contributed by atoms with E-state index in [0.29, 0.717) is 29.4 Å². The van der Waals surface area contributed by atoms with Crippen LogP contribution in [0.5, 0.6) is 5.75 Å². The highest BCUT2D eigenvalue weighted by Crippen LogP contribution is 2.23. The van der Waals surface area contributed by atoms with E-state index in [0.717, 1.165) is 5.56 Å². The van der Waals surface area contributed by atoms with Gasteiger partial charge in [0.05, 0.1) is 11.5 Å². The van der Waals surface area contributed by atoms with Gasteiger partial charge in [0.25, 0.3) is 5.69 Å². The van der Waals surface area contributed by atoms with E-state index in [2.05, 4.69) is 0 Å². The summed E-state index contributed by atoms with van der Waals surface area (Å²) in [6.07, 6.45) is 0.475. The van der Waals surface area contributed by atoms with Crippen LogP contribution in [0, 0.1) is 17.0 Å². The zero-order valence-corrected chi connectivity index (χ0v) is 11.8. The molecule has 5 heteroatoms. The van der Waals surface area contributed by atoms with Crippen molar-refractivity contribution in [3.05, 3.63) is 68.7 Å². The van der Waals surface area contributed by atoms with E-state index in [-0.39, 0.29) is 10.6 Å². The first kappa shape index (κ1) is 14.3. The van der Waals surface area contributed by atoms with Crippen LogP contribution in [0.1, 0.15) is 11.1 Å². The van der Waals surface area contributed by atoms with E-state index in [1.54, 1.807) is 30.3 Å². The van der Waals surface area contributed by atoms with Gasteiger partial charge in [-0.1, -0.05) is 35.9 Å². The standard InChI is InChI=1S/C15H14ClNO3/c1-11-6-7-13(16)10-15(11)20-9-8-12-4-2-3-5-14(12)17(18)19/h2-7,10H,8-9H2,1H3. The van der Waals surface area contributed by atoms with Gasteiger partial charge in [0.2, 0.25) is 0 Å². The molecule has 0 aromatic heterocycles. The molecule has 2 rings (SSSR count). The molecule has 0 heterocycles. The molecule has 0 aliphatic heterocycles. The average Bonchev–Trinajstić information content (AvgIpc) is 2.43. The fourth-order valence-electron chi connectivity index (χ4n) is 1.90. The molecule has 0 saturated heterocycles. The number of hydrogen-bond donors (Lipinski definition) is 0. The monoisotopic (exact) mass is 291 g/mol. The molecule has 0 amide bonds. The van der Waals surface area contributed by atoms with E-state index >= 15 is 0 Å². The largest absolute Gasteiger partial charge is 0.493 e. The van der Waals surface area contributed by atoms with Crippen LogP contribution >= 0.6 is 11.6 Å². The molecule has 0 atom stereocenters. The minimum atomic E-state index is -0.375. The van der Waals surface area contributed by atoms with Crippen molar-refractivity contribution in [3.63, 3.8) is 0 Å². The van der Waals surface area contributed by atoms with Crippen LogP contribution in [0.2, 0.25) is 5.02 Å². The molecule has 2 aromatic rings. The van der Waals surface area contributed by atoms with E-state index in [9.17, 15) is 10.1 Å². The molecule has 0 saturated carbocycles. The number of hydrogen-bond acceptors (Lipinski definition) is 3. The third kappa shape index (κ3) is 3.48. The summed E-state index contributed by atoms with van der Waals surface area (Å²) in [5, 5.41) is 11.5. The Morgan fingerprint density at radius 3 is 2.75 bits per heavy atom. The number of para-hydroxylation sites is 1. The number of ether oxygens (including phenoxy) is 1. The molecule has 4 nitrogen and oxygen atoms in total. The van der Waals surface area contributed by atoms with Crippen LogP contribution in [0.15, 0.2) is 42.5 Å². The van der Waals surface area contributed by atoms with Gasteiger partial charge in [-0.05, 0) is 24.6 Å².